The number of amides is 1. The lowest BCUT2D eigenvalue weighted by molar-refractivity contribution is -0.117. The van der Waals surface area contributed by atoms with Crippen LogP contribution in [0, 0.1) is 0 Å². The molecule has 2 rings (SSSR count). The fourth-order valence-electron chi connectivity index (χ4n) is 1.64. The Kier molecular flexibility index (Phi) is 4.32. The molecule has 2 N–H and O–H groups in total. The van der Waals surface area contributed by atoms with Crippen LogP contribution in [-0.2, 0) is 16.1 Å². The maximum Gasteiger partial charge on any atom is 0.218 e. The van der Waals surface area contributed by atoms with Gasteiger partial charge in [-0.2, -0.15) is 0 Å². The number of nitrogens with two attached hydrogens (primary N) is 1. The quantitative estimate of drug-likeness (QED) is 0.710. The SMILES string of the molecule is NC(=O)CCSc1nnnn1CC1CCCO1. The predicted octanol–water partition coefficient (Wildman–Crippen LogP) is -0.180. The monoisotopic (exact) mass is 257 g/mol. The zero-order valence-corrected chi connectivity index (χ0v) is 10.2. The van der Waals surface area contributed by atoms with Gasteiger partial charge in [0.1, 0.15) is 0 Å². The van der Waals surface area contributed by atoms with Gasteiger partial charge < -0.3 is 10.5 Å². The molecule has 0 aliphatic carbocycles. The first-order chi connectivity index (χ1) is 8.25. The van der Waals surface area contributed by atoms with Gasteiger partial charge in [-0.25, -0.2) is 4.68 Å². The highest BCUT2D eigenvalue weighted by molar-refractivity contribution is 7.99. The molecule has 8 heteroatoms. The van der Waals surface area contributed by atoms with Crippen LogP contribution < -0.4 is 5.73 Å². The lowest BCUT2D eigenvalue weighted by Gasteiger charge is -2.09. The van der Waals surface area contributed by atoms with Gasteiger partial charge in [0.05, 0.1) is 12.6 Å². The molecule has 1 fully saturated rings. The van der Waals surface area contributed by atoms with Crippen LogP contribution >= 0.6 is 11.8 Å². The number of aromatic nitrogens is 4. The minimum absolute atomic E-state index is 0.203. The number of hydrogen-bond donors (Lipinski definition) is 1. The Bertz CT molecular complexity index is 377. The second-order valence-corrected chi connectivity index (χ2v) is 4.91. The van der Waals surface area contributed by atoms with E-state index in [0.717, 1.165) is 19.4 Å². The molecule has 0 bridgehead atoms. The molecule has 1 saturated heterocycles. The molecule has 1 unspecified atom stereocenters. The van der Waals surface area contributed by atoms with Crippen LogP contribution in [0.4, 0.5) is 0 Å². The molecule has 17 heavy (non-hydrogen) atoms. The second kappa shape index (κ2) is 5.97. The summed E-state index contributed by atoms with van der Waals surface area (Å²) < 4.78 is 7.25. The maximum absolute atomic E-state index is 10.6. The first-order valence-electron chi connectivity index (χ1n) is 5.54. The van der Waals surface area contributed by atoms with Crippen molar-refractivity contribution in [2.24, 2.45) is 5.73 Å². The van der Waals surface area contributed by atoms with Gasteiger partial charge in [-0.3, -0.25) is 4.79 Å². The number of rotatable bonds is 6. The lowest BCUT2D eigenvalue weighted by atomic mass is 10.2. The van der Waals surface area contributed by atoms with E-state index in [1.54, 1.807) is 4.68 Å². The van der Waals surface area contributed by atoms with E-state index in [4.69, 9.17) is 10.5 Å². The van der Waals surface area contributed by atoms with Gasteiger partial charge in [0.25, 0.3) is 0 Å². The van der Waals surface area contributed by atoms with Crippen molar-refractivity contribution >= 4 is 17.7 Å². The molecule has 1 aliphatic heterocycles. The van der Waals surface area contributed by atoms with E-state index in [0.29, 0.717) is 23.9 Å². The standard InChI is InChI=1S/C9H15N5O2S/c10-8(15)3-5-17-9-11-12-13-14(9)6-7-2-1-4-16-7/h7H,1-6H2,(H2,10,15). The molecule has 1 aromatic heterocycles. The van der Waals surface area contributed by atoms with Gasteiger partial charge in [0, 0.05) is 18.8 Å². The third-order valence-electron chi connectivity index (χ3n) is 2.48. The summed E-state index contributed by atoms with van der Waals surface area (Å²) in [5.41, 5.74) is 5.07. The molecular formula is C9H15N5O2S. The first-order valence-corrected chi connectivity index (χ1v) is 6.53. The third kappa shape index (κ3) is 3.67. The molecule has 0 spiro atoms. The van der Waals surface area contributed by atoms with Crippen LogP contribution in [0.25, 0.3) is 0 Å². The number of primary amides is 1. The van der Waals surface area contributed by atoms with Crippen LogP contribution in [0.2, 0.25) is 0 Å². The third-order valence-corrected chi connectivity index (χ3v) is 3.44. The van der Waals surface area contributed by atoms with Crippen LogP contribution in [0.15, 0.2) is 5.16 Å². The average molecular weight is 257 g/mol. The van der Waals surface area contributed by atoms with E-state index in [-0.39, 0.29) is 12.0 Å². The van der Waals surface area contributed by atoms with E-state index in [1.165, 1.54) is 11.8 Å². The van der Waals surface area contributed by atoms with Crippen molar-refractivity contribution in [1.29, 1.82) is 0 Å². The van der Waals surface area contributed by atoms with Crippen molar-refractivity contribution in [2.75, 3.05) is 12.4 Å². The number of carbonyl (C=O) groups excluding carboxylic acids is 1. The van der Waals surface area contributed by atoms with Crippen LogP contribution in [0.5, 0.6) is 0 Å². The van der Waals surface area contributed by atoms with Gasteiger partial charge >= 0.3 is 0 Å². The Balaban J connectivity index is 1.85. The first kappa shape index (κ1) is 12.3. The van der Waals surface area contributed by atoms with Crippen LogP contribution in [-0.4, -0.2) is 44.6 Å². The van der Waals surface area contributed by atoms with Gasteiger partial charge in [0.15, 0.2) is 0 Å². The van der Waals surface area contributed by atoms with Gasteiger partial charge in [-0.1, -0.05) is 11.8 Å². The Hall–Kier alpha value is -1.15. The molecule has 1 atom stereocenters. The molecule has 0 saturated carbocycles. The molecule has 0 radical (unpaired) electrons. The van der Waals surface area contributed by atoms with Gasteiger partial charge in [-0.15, -0.1) is 5.10 Å². The molecule has 1 amide bonds. The maximum atomic E-state index is 10.6. The Morgan fingerprint density at radius 3 is 3.24 bits per heavy atom. The number of tetrazole rings is 1. The zero-order valence-electron chi connectivity index (χ0n) is 9.41. The highest BCUT2D eigenvalue weighted by Crippen LogP contribution is 2.18. The van der Waals surface area contributed by atoms with E-state index in [1.807, 2.05) is 0 Å². The normalized spacial score (nSPS) is 19.6. The molecule has 0 aromatic carbocycles. The van der Waals surface area contributed by atoms with Crippen molar-refractivity contribution in [1.82, 2.24) is 20.2 Å². The molecule has 1 aromatic rings. The number of ether oxygens (including phenoxy) is 1. The van der Waals surface area contributed by atoms with Gasteiger partial charge in [0.2, 0.25) is 11.1 Å². The summed E-state index contributed by atoms with van der Waals surface area (Å²) >= 11 is 1.44. The topological polar surface area (TPSA) is 95.9 Å². The summed E-state index contributed by atoms with van der Waals surface area (Å²) in [6, 6.07) is 0. The molecular weight excluding hydrogens is 242 g/mol. The molecule has 1 aliphatic rings. The van der Waals surface area contributed by atoms with Crippen LogP contribution in [0.3, 0.4) is 0 Å². The van der Waals surface area contributed by atoms with Crippen molar-refractivity contribution in [3.05, 3.63) is 0 Å². The largest absolute Gasteiger partial charge is 0.376 e. The average Bonchev–Trinajstić information content (AvgIpc) is 2.91. The number of nitrogens with zero attached hydrogens (tertiary/aromatic N) is 4. The lowest BCUT2D eigenvalue weighted by Crippen LogP contribution is -2.17. The highest BCUT2D eigenvalue weighted by atomic mass is 32.2. The zero-order chi connectivity index (χ0) is 12.1. The van der Waals surface area contributed by atoms with Crippen molar-refractivity contribution in [3.8, 4) is 0 Å². The Labute approximate surface area is 103 Å². The Morgan fingerprint density at radius 1 is 1.65 bits per heavy atom. The summed E-state index contributed by atoms with van der Waals surface area (Å²) in [7, 11) is 0. The fraction of sp³-hybridized carbons (Fsp3) is 0.778. The second-order valence-electron chi connectivity index (χ2n) is 3.84. The van der Waals surface area contributed by atoms with Crippen molar-refractivity contribution in [2.45, 2.75) is 37.1 Å². The predicted molar refractivity (Wildman–Crippen MR) is 61.3 cm³/mol. The Morgan fingerprint density at radius 2 is 2.53 bits per heavy atom. The van der Waals surface area contributed by atoms with Crippen molar-refractivity contribution < 1.29 is 9.53 Å². The van der Waals surface area contributed by atoms with E-state index in [2.05, 4.69) is 15.5 Å². The minimum atomic E-state index is -0.310. The van der Waals surface area contributed by atoms with E-state index < -0.39 is 0 Å². The summed E-state index contributed by atoms with van der Waals surface area (Å²) in [5, 5.41) is 12.2. The van der Waals surface area contributed by atoms with E-state index >= 15 is 0 Å². The number of carbonyl (C=O) groups is 1. The number of thioether (sulfide) groups is 1. The smallest absolute Gasteiger partial charge is 0.218 e. The van der Waals surface area contributed by atoms with E-state index in [9.17, 15) is 4.79 Å². The summed E-state index contributed by atoms with van der Waals surface area (Å²) in [4.78, 5) is 10.6. The molecule has 94 valence electrons. The van der Waals surface area contributed by atoms with Crippen molar-refractivity contribution in [3.63, 3.8) is 0 Å². The summed E-state index contributed by atoms with van der Waals surface area (Å²) in [5.74, 6) is 0.289. The summed E-state index contributed by atoms with van der Waals surface area (Å²) in [6.07, 6.45) is 2.67. The van der Waals surface area contributed by atoms with Crippen LogP contribution in [0.1, 0.15) is 19.3 Å². The molecule has 7 nitrogen and oxygen atoms in total. The van der Waals surface area contributed by atoms with Gasteiger partial charge in [-0.05, 0) is 23.3 Å². The molecule has 2 heterocycles. The minimum Gasteiger partial charge on any atom is -0.376 e. The fourth-order valence-corrected chi connectivity index (χ4v) is 2.48. The highest BCUT2D eigenvalue weighted by Gasteiger charge is 2.18. The summed E-state index contributed by atoms with van der Waals surface area (Å²) in [6.45, 7) is 1.49. The number of hydrogen-bond acceptors (Lipinski definition) is 6.